The van der Waals surface area contributed by atoms with Gasteiger partial charge in [0.1, 0.15) is 12.1 Å². The highest BCUT2D eigenvalue weighted by atomic mass is 16.4. The molecule has 0 aromatic carbocycles. The van der Waals surface area contributed by atoms with Crippen LogP contribution in [0.25, 0.3) is 0 Å². The predicted molar refractivity (Wildman–Crippen MR) is 72.9 cm³/mol. The summed E-state index contributed by atoms with van der Waals surface area (Å²) in [6.07, 6.45) is -0.579. The van der Waals surface area contributed by atoms with Crippen LogP contribution in [0.15, 0.2) is 0 Å². The van der Waals surface area contributed by atoms with Gasteiger partial charge in [-0.2, -0.15) is 0 Å². The van der Waals surface area contributed by atoms with Crippen molar-refractivity contribution in [1.29, 1.82) is 0 Å². The molecule has 1 aliphatic heterocycles. The zero-order valence-corrected chi connectivity index (χ0v) is 12.3. The Morgan fingerprint density at radius 3 is 2.30 bits per heavy atom. The van der Waals surface area contributed by atoms with Crippen molar-refractivity contribution in [2.75, 3.05) is 6.54 Å². The molecular formula is C13H23N3O4. The molecule has 7 heteroatoms. The average molecular weight is 285 g/mol. The van der Waals surface area contributed by atoms with Crippen molar-refractivity contribution in [2.45, 2.75) is 46.2 Å². The molecule has 3 amide bonds. The fourth-order valence-corrected chi connectivity index (χ4v) is 2.57. The second-order valence-electron chi connectivity index (χ2n) is 6.39. The second kappa shape index (κ2) is 5.68. The van der Waals surface area contributed by atoms with Crippen LogP contribution < -0.4 is 11.1 Å². The molecule has 114 valence electrons. The smallest absolute Gasteiger partial charge is 0.405 e. The van der Waals surface area contributed by atoms with Crippen LogP contribution in [0.3, 0.4) is 0 Å². The van der Waals surface area contributed by atoms with Gasteiger partial charge in [-0.25, -0.2) is 4.79 Å². The van der Waals surface area contributed by atoms with Crippen molar-refractivity contribution in [3.05, 3.63) is 0 Å². The van der Waals surface area contributed by atoms with E-state index in [-0.39, 0.29) is 5.92 Å². The first-order valence-electron chi connectivity index (χ1n) is 6.65. The van der Waals surface area contributed by atoms with Crippen LogP contribution in [0.1, 0.15) is 34.1 Å². The summed E-state index contributed by atoms with van der Waals surface area (Å²) in [5.74, 6) is -0.957. The number of rotatable bonds is 3. The van der Waals surface area contributed by atoms with E-state index in [4.69, 9.17) is 10.8 Å². The van der Waals surface area contributed by atoms with Crippen LogP contribution in [0.5, 0.6) is 0 Å². The van der Waals surface area contributed by atoms with Gasteiger partial charge in [0, 0.05) is 6.54 Å². The Balaban J connectivity index is 3.00. The van der Waals surface area contributed by atoms with Crippen molar-refractivity contribution >= 4 is 17.9 Å². The molecular weight excluding hydrogens is 262 g/mol. The first-order chi connectivity index (χ1) is 9.05. The lowest BCUT2D eigenvalue weighted by Crippen LogP contribution is -2.57. The van der Waals surface area contributed by atoms with Crippen molar-refractivity contribution in [3.63, 3.8) is 0 Å². The Labute approximate surface area is 118 Å². The quantitative estimate of drug-likeness (QED) is 0.696. The van der Waals surface area contributed by atoms with Gasteiger partial charge < -0.3 is 21.1 Å². The summed E-state index contributed by atoms with van der Waals surface area (Å²) in [5, 5.41) is 11.1. The molecule has 1 fully saturated rings. The summed E-state index contributed by atoms with van der Waals surface area (Å²) in [5.41, 5.74) is 4.76. The highest BCUT2D eigenvalue weighted by Gasteiger charge is 2.43. The van der Waals surface area contributed by atoms with Crippen molar-refractivity contribution in [1.82, 2.24) is 10.2 Å². The van der Waals surface area contributed by atoms with Crippen LogP contribution in [-0.2, 0) is 9.59 Å². The summed E-state index contributed by atoms with van der Waals surface area (Å²) >= 11 is 0. The Hall–Kier alpha value is -1.79. The van der Waals surface area contributed by atoms with Gasteiger partial charge in [0.05, 0.1) is 0 Å². The highest BCUT2D eigenvalue weighted by Crippen LogP contribution is 2.28. The molecule has 0 spiro atoms. The number of nitrogens with two attached hydrogens (primary N) is 1. The number of carbonyl (C=O) groups excluding carboxylic acids is 2. The monoisotopic (exact) mass is 285 g/mol. The van der Waals surface area contributed by atoms with Gasteiger partial charge in [0.2, 0.25) is 11.8 Å². The van der Waals surface area contributed by atoms with E-state index >= 15 is 0 Å². The zero-order valence-electron chi connectivity index (χ0n) is 12.3. The maximum Gasteiger partial charge on any atom is 0.405 e. The lowest BCUT2D eigenvalue weighted by Gasteiger charge is -2.34. The number of nitrogens with zero attached hydrogens (tertiary/aromatic N) is 1. The van der Waals surface area contributed by atoms with Gasteiger partial charge in [0.15, 0.2) is 0 Å². The second-order valence-corrected chi connectivity index (χ2v) is 6.39. The zero-order chi connectivity index (χ0) is 15.7. The van der Waals surface area contributed by atoms with E-state index in [9.17, 15) is 14.4 Å². The molecule has 1 heterocycles. The van der Waals surface area contributed by atoms with Crippen molar-refractivity contribution < 1.29 is 19.5 Å². The fraction of sp³-hybridized carbons (Fsp3) is 0.769. The third kappa shape index (κ3) is 3.40. The molecule has 0 unspecified atom stereocenters. The number of hydrogen-bond donors (Lipinski definition) is 3. The van der Waals surface area contributed by atoms with E-state index in [2.05, 4.69) is 5.32 Å². The minimum atomic E-state index is -1.26. The van der Waals surface area contributed by atoms with Crippen LogP contribution in [0.4, 0.5) is 4.79 Å². The normalized spacial score (nSPS) is 24.3. The molecule has 0 saturated carbocycles. The van der Waals surface area contributed by atoms with E-state index in [1.807, 2.05) is 6.92 Å². The van der Waals surface area contributed by atoms with Gasteiger partial charge in [-0.1, -0.05) is 27.7 Å². The van der Waals surface area contributed by atoms with Crippen LogP contribution in [-0.4, -0.2) is 46.5 Å². The average Bonchev–Trinajstić information content (AvgIpc) is 2.65. The summed E-state index contributed by atoms with van der Waals surface area (Å²) in [6.45, 7) is 7.58. The Morgan fingerprint density at radius 2 is 1.90 bits per heavy atom. The number of likely N-dealkylation sites (tertiary alicyclic amines) is 1. The molecule has 3 atom stereocenters. The van der Waals surface area contributed by atoms with Gasteiger partial charge in [-0.05, 0) is 17.8 Å². The van der Waals surface area contributed by atoms with E-state index in [0.29, 0.717) is 13.0 Å². The summed E-state index contributed by atoms with van der Waals surface area (Å²) in [7, 11) is 0. The largest absolute Gasteiger partial charge is 0.465 e. The minimum Gasteiger partial charge on any atom is -0.465 e. The summed E-state index contributed by atoms with van der Waals surface area (Å²) in [4.78, 5) is 36.4. The van der Waals surface area contributed by atoms with E-state index < -0.39 is 35.4 Å². The van der Waals surface area contributed by atoms with Gasteiger partial charge in [-0.3, -0.25) is 9.59 Å². The van der Waals surface area contributed by atoms with Gasteiger partial charge >= 0.3 is 6.09 Å². The van der Waals surface area contributed by atoms with Crippen LogP contribution >= 0.6 is 0 Å². The Bertz CT molecular complexity index is 416. The molecule has 1 rings (SSSR count). The molecule has 0 radical (unpaired) electrons. The maximum atomic E-state index is 12.6. The van der Waals surface area contributed by atoms with Crippen molar-refractivity contribution in [2.24, 2.45) is 17.1 Å². The number of nitrogens with one attached hydrogen (secondary N) is 1. The maximum absolute atomic E-state index is 12.6. The van der Waals surface area contributed by atoms with Crippen LogP contribution in [0.2, 0.25) is 0 Å². The highest BCUT2D eigenvalue weighted by molar-refractivity contribution is 5.91. The molecule has 1 saturated heterocycles. The summed E-state index contributed by atoms with van der Waals surface area (Å²) in [6, 6.07) is -1.57. The third-order valence-electron chi connectivity index (χ3n) is 3.66. The molecule has 0 aromatic rings. The van der Waals surface area contributed by atoms with Crippen LogP contribution in [0, 0.1) is 11.3 Å². The van der Waals surface area contributed by atoms with Gasteiger partial charge in [0.25, 0.3) is 0 Å². The minimum absolute atomic E-state index is 0.0121. The van der Waals surface area contributed by atoms with E-state index in [1.54, 1.807) is 20.8 Å². The molecule has 4 N–H and O–H groups in total. The lowest BCUT2D eigenvalue weighted by molar-refractivity contribution is -0.141. The Kier molecular flexibility index (Phi) is 4.62. The first-order valence-corrected chi connectivity index (χ1v) is 6.65. The SMILES string of the molecule is C[C@@H]1CCN(C(=O)[C@@H](NC(=O)O)C(C)(C)C)[C@@H]1C(N)=O. The van der Waals surface area contributed by atoms with Crippen molar-refractivity contribution in [3.8, 4) is 0 Å². The Morgan fingerprint density at radius 1 is 1.35 bits per heavy atom. The molecule has 0 aromatic heterocycles. The molecule has 1 aliphatic rings. The van der Waals surface area contributed by atoms with Gasteiger partial charge in [-0.15, -0.1) is 0 Å². The third-order valence-corrected chi connectivity index (χ3v) is 3.66. The number of carboxylic acid groups (broad SMARTS) is 1. The van der Waals surface area contributed by atoms with E-state index in [1.165, 1.54) is 4.90 Å². The summed E-state index contributed by atoms with van der Waals surface area (Å²) < 4.78 is 0. The fourth-order valence-electron chi connectivity index (χ4n) is 2.57. The molecule has 20 heavy (non-hydrogen) atoms. The number of carbonyl (C=O) groups is 3. The molecule has 7 nitrogen and oxygen atoms in total. The van der Waals surface area contributed by atoms with E-state index in [0.717, 1.165) is 0 Å². The molecule has 0 bridgehead atoms. The molecule has 0 aliphatic carbocycles. The lowest BCUT2D eigenvalue weighted by atomic mass is 9.85. The number of primary amides is 1. The number of hydrogen-bond acceptors (Lipinski definition) is 3. The predicted octanol–water partition coefficient (Wildman–Crippen LogP) is 0.391. The number of amides is 3. The topological polar surface area (TPSA) is 113 Å². The standard InChI is InChI=1S/C13H23N3O4/c1-7-5-6-16(8(7)10(14)17)11(18)9(13(2,3)4)15-12(19)20/h7-9,15H,5-6H2,1-4H3,(H2,14,17)(H,19,20)/t7-,8+,9-/m1/s1. The first kappa shape index (κ1) is 16.3.